The van der Waals surface area contributed by atoms with Crippen molar-refractivity contribution in [3.8, 4) is 0 Å². The molecule has 3 N–H and O–H groups in total. The van der Waals surface area contributed by atoms with Crippen LogP contribution in [0, 0.1) is 0 Å². The summed E-state index contributed by atoms with van der Waals surface area (Å²) in [6.45, 7) is 0.455. The van der Waals surface area contributed by atoms with Gasteiger partial charge in [-0.3, -0.25) is 0 Å². The average molecular weight is 272 g/mol. The third kappa shape index (κ3) is 2.53. The van der Waals surface area contributed by atoms with Gasteiger partial charge in [-0.05, 0) is 41.7 Å². The molecule has 0 amide bonds. The maximum atomic E-state index is 9.83. The van der Waals surface area contributed by atoms with E-state index in [2.05, 4.69) is 25.9 Å². The van der Waals surface area contributed by atoms with Crippen LogP contribution in [-0.2, 0) is 0 Å². The fraction of sp³-hybridized carbons (Fsp3) is 0.600. The zero-order chi connectivity index (χ0) is 10.8. The van der Waals surface area contributed by atoms with Gasteiger partial charge in [0.05, 0.1) is 16.3 Å². The van der Waals surface area contributed by atoms with Crippen molar-refractivity contribution in [3.63, 3.8) is 0 Å². The predicted molar refractivity (Wildman–Crippen MR) is 60.3 cm³/mol. The van der Waals surface area contributed by atoms with E-state index in [0.717, 1.165) is 23.1 Å². The highest BCUT2D eigenvalue weighted by molar-refractivity contribution is 9.10. The topological polar surface area (TPSA) is 72.0 Å². The van der Waals surface area contributed by atoms with Gasteiger partial charge in [0.15, 0.2) is 0 Å². The van der Waals surface area contributed by atoms with Crippen LogP contribution >= 0.6 is 15.9 Å². The third-order valence-corrected chi connectivity index (χ3v) is 3.10. The van der Waals surface area contributed by atoms with Gasteiger partial charge in [0.1, 0.15) is 5.82 Å². The molecule has 1 atom stereocenters. The second-order valence-corrected chi connectivity index (χ2v) is 4.68. The molecule has 5 heteroatoms. The van der Waals surface area contributed by atoms with E-state index < -0.39 is 6.10 Å². The summed E-state index contributed by atoms with van der Waals surface area (Å²) in [6, 6.07) is 0. The number of nitrogens with two attached hydrogens (primary N) is 1. The van der Waals surface area contributed by atoms with Gasteiger partial charge in [-0.25, -0.2) is 9.97 Å². The molecule has 0 saturated heterocycles. The van der Waals surface area contributed by atoms with Crippen molar-refractivity contribution in [2.24, 2.45) is 5.73 Å². The van der Waals surface area contributed by atoms with Crippen molar-refractivity contribution < 1.29 is 5.11 Å². The van der Waals surface area contributed by atoms with E-state index in [-0.39, 0.29) is 0 Å². The third-order valence-electron chi connectivity index (χ3n) is 2.49. The number of hydrogen-bond acceptors (Lipinski definition) is 4. The summed E-state index contributed by atoms with van der Waals surface area (Å²) in [5.74, 6) is 1.35. The molecule has 1 fully saturated rings. The minimum Gasteiger partial charge on any atom is -0.387 e. The molecular weight excluding hydrogens is 258 g/mol. The SMILES string of the molecule is NCC[C@@H](O)c1nc(C2CC2)ncc1Br. The van der Waals surface area contributed by atoms with Gasteiger partial charge < -0.3 is 10.8 Å². The van der Waals surface area contributed by atoms with E-state index in [1.807, 2.05) is 0 Å². The molecule has 0 unspecified atom stereocenters. The van der Waals surface area contributed by atoms with Gasteiger partial charge in [0.2, 0.25) is 0 Å². The van der Waals surface area contributed by atoms with Crippen LogP contribution in [-0.4, -0.2) is 21.6 Å². The molecule has 0 spiro atoms. The van der Waals surface area contributed by atoms with Crippen molar-refractivity contribution in [1.82, 2.24) is 9.97 Å². The molecule has 1 aliphatic carbocycles. The Kier molecular flexibility index (Phi) is 3.33. The molecule has 0 radical (unpaired) electrons. The first-order valence-corrected chi connectivity index (χ1v) is 5.92. The fourth-order valence-electron chi connectivity index (χ4n) is 1.46. The van der Waals surface area contributed by atoms with Gasteiger partial charge in [0.25, 0.3) is 0 Å². The molecule has 1 aliphatic rings. The first-order valence-electron chi connectivity index (χ1n) is 5.13. The highest BCUT2D eigenvalue weighted by Crippen LogP contribution is 2.38. The zero-order valence-corrected chi connectivity index (χ0v) is 9.94. The molecule has 82 valence electrons. The zero-order valence-electron chi connectivity index (χ0n) is 8.36. The molecule has 0 bridgehead atoms. The summed E-state index contributed by atoms with van der Waals surface area (Å²) in [5.41, 5.74) is 6.07. The Bertz CT molecular complexity index is 355. The molecular formula is C10H14BrN3O. The van der Waals surface area contributed by atoms with Crippen LogP contribution in [0.1, 0.15) is 42.8 Å². The van der Waals surface area contributed by atoms with E-state index in [1.165, 1.54) is 0 Å². The fourth-order valence-corrected chi connectivity index (χ4v) is 1.92. The molecule has 15 heavy (non-hydrogen) atoms. The lowest BCUT2D eigenvalue weighted by molar-refractivity contribution is 0.164. The van der Waals surface area contributed by atoms with Crippen LogP contribution in [0.5, 0.6) is 0 Å². The van der Waals surface area contributed by atoms with E-state index in [9.17, 15) is 5.11 Å². The maximum absolute atomic E-state index is 9.83. The van der Waals surface area contributed by atoms with Crippen molar-refractivity contribution in [1.29, 1.82) is 0 Å². The van der Waals surface area contributed by atoms with E-state index in [4.69, 9.17) is 5.73 Å². The number of nitrogens with zero attached hydrogens (tertiary/aromatic N) is 2. The molecule has 2 rings (SSSR count). The Morgan fingerprint density at radius 1 is 1.60 bits per heavy atom. The lowest BCUT2D eigenvalue weighted by Gasteiger charge is -2.11. The largest absolute Gasteiger partial charge is 0.387 e. The number of aliphatic hydroxyl groups excluding tert-OH is 1. The van der Waals surface area contributed by atoms with Crippen LogP contribution in [0.3, 0.4) is 0 Å². The van der Waals surface area contributed by atoms with E-state index in [1.54, 1.807) is 6.20 Å². The normalized spacial score (nSPS) is 17.8. The lowest BCUT2D eigenvalue weighted by Crippen LogP contribution is -2.10. The number of aliphatic hydroxyl groups is 1. The minimum atomic E-state index is -0.593. The highest BCUT2D eigenvalue weighted by atomic mass is 79.9. The summed E-state index contributed by atoms with van der Waals surface area (Å²) in [5, 5.41) is 9.83. The Balaban J connectivity index is 2.23. The lowest BCUT2D eigenvalue weighted by atomic mass is 10.2. The smallest absolute Gasteiger partial charge is 0.131 e. The van der Waals surface area contributed by atoms with Crippen molar-refractivity contribution in [2.75, 3.05) is 6.54 Å². The van der Waals surface area contributed by atoms with Gasteiger partial charge in [-0.1, -0.05) is 0 Å². The van der Waals surface area contributed by atoms with Gasteiger partial charge in [-0.15, -0.1) is 0 Å². The summed E-state index contributed by atoms with van der Waals surface area (Å²) >= 11 is 3.34. The predicted octanol–water partition coefficient (Wildman–Crippen LogP) is 1.50. The molecule has 1 aromatic rings. The molecule has 1 heterocycles. The monoisotopic (exact) mass is 271 g/mol. The van der Waals surface area contributed by atoms with Crippen molar-refractivity contribution in [3.05, 3.63) is 22.2 Å². The Labute approximate surface area is 97.1 Å². The van der Waals surface area contributed by atoms with E-state index >= 15 is 0 Å². The molecule has 0 aliphatic heterocycles. The summed E-state index contributed by atoms with van der Waals surface area (Å²) < 4.78 is 0.757. The van der Waals surface area contributed by atoms with Crippen LogP contribution in [0.2, 0.25) is 0 Å². The average Bonchev–Trinajstić information content (AvgIpc) is 3.02. The summed E-state index contributed by atoms with van der Waals surface area (Å²) in [7, 11) is 0. The Morgan fingerprint density at radius 3 is 2.93 bits per heavy atom. The quantitative estimate of drug-likeness (QED) is 0.871. The molecule has 4 nitrogen and oxygen atoms in total. The number of aromatic nitrogens is 2. The molecule has 1 saturated carbocycles. The van der Waals surface area contributed by atoms with Crippen molar-refractivity contribution >= 4 is 15.9 Å². The molecule has 1 aromatic heterocycles. The highest BCUT2D eigenvalue weighted by Gasteiger charge is 2.27. The second kappa shape index (κ2) is 4.55. The standard InChI is InChI=1S/C10H14BrN3O/c11-7-5-13-10(6-1-2-6)14-9(7)8(15)3-4-12/h5-6,8,15H,1-4,12H2/t8-/m1/s1. The van der Waals surface area contributed by atoms with Gasteiger partial charge in [0, 0.05) is 12.1 Å². The van der Waals surface area contributed by atoms with E-state index in [0.29, 0.717) is 24.6 Å². The number of hydrogen-bond donors (Lipinski definition) is 2. The summed E-state index contributed by atoms with van der Waals surface area (Å²) in [4.78, 5) is 8.63. The Morgan fingerprint density at radius 2 is 2.33 bits per heavy atom. The molecule has 0 aromatic carbocycles. The first-order chi connectivity index (χ1) is 7.22. The van der Waals surface area contributed by atoms with Crippen LogP contribution in [0.25, 0.3) is 0 Å². The van der Waals surface area contributed by atoms with Crippen LogP contribution in [0.4, 0.5) is 0 Å². The number of halogens is 1. The van der Waals surface area contributed by atoms with Crippen LogP contribution < -0.4 is 5.73 Å². The maximum Gasteiger partial charge on any atom is 0.131 e. The van der Waals surface area contributed by atoms with Crippen LogP contribution in [0.15, 0.2) is 10.7 Å². The number of rotatable bonds is 4. The van der Waals surface area contributed by atoms with Gasteiger partial charge >= 0.3 is 0 Å². The minimum absolute atomic E-state index is 0.455. The van der Waals surface area contributed by atoms with Gasteiger partial charge in [-0.2, -0.15) is 0 Å². The summed E-state index contributed by atoms with van der Waals surface area (Å²) in [6.07, 6.45) is 3.97. The van der Waals surface area contributed by atoms with Crippen molar-refractivity contribution in [2.45, 2.75) is 31.3 Å². The Hall–Kier alpha value is -0.520. The second-order valence-electron chi connectivity index (χ2n) is 3.83. The first kappa shape index (κ1) is 11.0.